The minimum absolute atomic E-state index is 0.0259. The van der Waals surface area contributed by atoms with Crippen LogP contribution in [0.3, 0.4) is 0 Å². The Balaban J connectivity index is 1.37. The Labute approximate surface area is 180 Å². The van der Waals surface area contributed by atoms with Gasteiger partial charge in [-0.05, 0) is 42.7 Å². The molecular weight excluding hydrogens is 396 g/mol. The van der Waals surface area contributed by atoms with Gasteiger partial charge in [-0.15, -0.1) is 0 Å². The molecular formula is C24H24N2O5. The Kier molecular flexibility index (Phi) is 5.84. The second-order valence-electron chi connectivity index (χ2n) is 7.57. The van der Waals surface area contributed by atoms with E-state index in [0.29, 0.717) is 35.6 Å². The summed E-state index contributed by atoms with van der Waals surface area (Å²) in [6, 6.07) is 10.6. The van der Waals surface area contributed by atoms with Gasteiger partial charge in [-0.1, -0.05) is 12.1 Å². The number of imide groups is 1. The molecule has 0 aromatic heterocycles. The van der Waals surface area contributed by atoms with E-state index in [0.717, 1.165) is 23.3 Å². The van der Waals surface area contributed by atoms with Gasteiger partial charge in [0.05, 0.1) is 25.3 Å². The summed E-state index contributed by atoms with van der Waals surface area (Å²) in [6.45, 7) is 0.853. The number of amides is 2. The van der Waals surface area contributed by atoms with Crippen LogP contribution < -0.4 is 9.47 Å². The molecule has 0 atom stereocenters. The van der Waals surface area contributed by atoms with Crippen LogP contribution in [0.1, 0.15) is 51.1 Å². The van der Waals surface area contributed by atoms with Crippen molar-refractivity contribution in [3.8, 4) is 11.5 Å². The van der Waals surface area contributed by atoms with Crippen LogP contribution in [0.25, 0.3) is 0 Å². The number of hydrogen-bond donors (Lipinski definition) is 0. The normalized spacial score (nSPS) is 14.8. The Bertz CT molecular complexity index is 1050. The van der Waals surface area contributed by atoms with Gasteiger partial charge in [0.1, 0.15) is 5.78 Å². The number of benzene rings is 2. The minimum atomic E-state index is -0.292. The predicted molar refractivity (Wildman–Crippen MR) is 115 cm³/mol. The molecule has 0 spiro atoms. The number of carbonyl (C=O) groups is 3. The van der Waals surface area contributed by atoms with E-state index in [1.807, 2.05) is 12.1 Å². The first-order valence-corrected chi connectivity index (χ1v) is 10.3. The maximum absolute atomic E-state index is 12.6. The Hall–Kier alpha value is -3.48. The zero-order valence-electron chi connectivity index (χ0n) is 17.6. The number of fused-ring (bicyclic) bond motifs is 2. The standard InChI is InChI=1S/C24H24N2O5/c1-30-21-12-15-9-10-25-20(19(15)14-22(21)31-2)13-16(27)6-5-11-26-23(28)17-7-3-4-8-18(17)24(26)29/h3-4,7-8,12,14H,5-6,9-11,13H2,1-2H3. The molecule has 0 fully saturated rings. The lowest BCUT2D eigenvalue weighted by molar-refractivity contribution is -0.118. The van der Waals surface area contributed by atoms with Gasteiger partial charge in [0.15, 0.2) is 11.5 Å². The molecule has 2 aromatic rings. The molecule has 2 heterocycles. The molecule has 2 aromatic carbocycles. The minimum Gasteiger partial charge on any atom is -0.493 e. The van der Waals surface area contributed by atoms with Crippen molar-refractivity contribution >= 4 is 23.3 Å². The molecule has 0 saturated heterocycles. The average Bonchev–Trinajstić information content (AvgIpc) is 3.03. The van der Waals surface area contributed by atoms with E-state index in [4.69, 9.17) is 9.47 Å². The van der Waals surface area contributed by atoms with Gasteiger partial charge in [0.2, 0.25) is 0 Å². The van der Waals surface area contributed by atoms with E-state index in [2.05, 4.69) is 4.99 Å². The van der Waals surface area contributed by atoms with Crippen LogP contribution in [0.4, 0.5) is 0 Å². The number of nitrogens with zero attached hydrogens (tertiary/aromatic N) is 2. The van der Waals surface area contributed by atoms with Crippen molar-refractivity contribution in [3.63, 3.8) is 0 Å². The highest BCUT2D eigenvalue weighted by Gasteiger charge is 2.34. The van der Waals surface area contributed by atoms with E-state index in [1.54, 1.807) is 38.5 Å². The summed E-state index contributed by atoms with van der Waals surface area (Å²) in [5.74, 6) is 0.709. The maximum Gasteiger partial charge on any atom is 0.261 e. The number of aliphatic imine (C=N–C) groups is 1. The number of Topliss-reactive ketones (excluding diaryl/α,β-unsaturated/α-hetero) is 1. The summed E-state index contributed by atoms with van der Waals surface area (Å²) >= 11 is 0. The number of hydrogen-bond acceptors (Lipinski definition) is 6. The van der Waals surface area contributed by atoms with Crippen LogP contribution in [0.15, 0.2) is 41.4 Å². The monoisotopic (exact) mass is 420 g/mol. The summed E-state index contributed by atoms with van der Waals surface area (Å²) in [5, 5.41) is 0. The van der Waals surface area contributed by atoms with Gasteiger partial charge in [-0.25, -0.2) is 0 Å². The quantitative estimate of drug-likeness (QED) is 0.613. The van der Waals surface area contributed by atoms with E-state index in [-0.39, 0.29) is 37.0 Å². The van der Waals surface area contributed by atoms with Gasteiger partial charge < -0.3 is 9.47 Å². The molecule has 2 aliphatic heterocycles. The molecule has 0 radical (unpaired) electrons. The third kappa shape index (κ3) is 3.95. The van der Waals surface area contributed by atoms with Crippen molar-refractivity contribution in [3.05, 3.63) is 58.7 Å². The highest BCUT2D eigenvalue weighted by Crippen LogP contribution is 2.33. The maximum atomic E-state index is 12.6. The topological polar surface area (TPSA) is 85.3 Å². The predicted octanol–water partition coefficient (Wildman–Crippen LogP) is 3.08. The zero-order chi connectivity index (χ0) is 22.0. The molecule has 0 N–H and O–H groups in total. The Morgan fingerprint density at radius 3 is 2.29 bits per heavy atom. The summed E-state index contributed by atoms with van der Waals surface area (Å²) in [6.07, 6.45) is 1.70. The van der Waals surface area contributed by atoms with Crippen LogP contribution in [0, 0.1) is 0 Å². The SMILES string of the molecule is COc1cc2c(cc1OC)C(CC(=O)CCCN1C(=O)c3ccccc3C1=O)=NCC2. The second-order valence-corrected chi connectivity index (χ2v) is 7.57. The Morgan fingerprint density at radius 1 is 1.00 bits per heavy atom. The van der Waals surface area contributed by atoms with Gasteiger partial charge in [0.25, 0.3) is 11.8 Å². The summed E-state index contributed by atoms with van der Waals surface area (Å²) in [4.78, 5) is 43.3. The zero-order valence-corrected chi connectivity index (χ0v) is 17.6. The fourth-order valence-corrected chi connectivity index (χ4v) is 4.10. The Morgan fingerprint density at radius 2 is 1.65 bits per heavy atom. The van der Waals surface area contributed by atoms with E-state index < -0.39 is 0 Å². The summed E-state index contributed by atoms with van der Waals surface area (Å²) in [7, 11) is 3.17. The van der Waals surface area contributed by atoms with Crippen LogP contribution in [0.5, 0.6) is 11.5 Å². The second kappa shape index (κ2) is 8.71. The van der Waals surface area contributed by atoms with E-state index >= 15 is 0 Å². The molecule has 4 rings (SSSR count). The van der Waals surface area contributed by atoms with Crippen LogP contribution in [-0.2, 0) is 11.2 Å². The summed E-state index contributed by atoms with van der Waals surface area (Å²) in [5.41, 5.74) is 3.60. The molecule has 7 heteroatoms. The van der Waals surface area contributed by atoms with Gasteiger partial charge >= 0.3 is 0 Å². The van der Waals surface area contributed by atoms with Crippen molar-refractivity contribution in [1.29, 1.82) is 0 Å². The lowest BCUT2D eigenvalue weighted by atomic mass is 9.93. The number of ketones is 1. The first-order valence-electron chi connectivity index (χ1n) is 10.3. The molecule has 0 aliphatic carbocycles. The highest BCUT2D eigenvalue weighted by atomic mass is 16.5. The summed E-state index contributed by atoms with van der Waals surface area (Å²) < 4.78 is 10.8. The lowest BCUT2D eigenvalue weighted by Gasteiger charge is -2.19. The molecule has 0 unspecified atom stereocenters. The smallest absolute Gasteiger partial charge is 0.261 e. The van der Waals surface area contributed by atoms with Crippen LogP contribution >= 0.6 is 0 Å². The molecule has 31 heavy (non-hydrogen) atoms. The van der Waals surface area contributed by atoms with Crippen LogP contribution in [-0.4, -0.2) is 55.5 Å². The third-order valence-electron chi connectivity index (χ3n) is 5.68. The number of methoxy groups -OCH3 is 2. The molecule has 2 aliphatic rings. The molecule has 0 bridgehead atoms. The van der Waals surface area contributed by atoms with Crippen molar-refractivity contribution < 1.29 is 23.9 Å². The number of carbonyl (C=O) groups excluding carboxylic acids is 3. The molecule has 0 saturated carbocycles. The van der Waals surface area contributed by atoms with E-state index in [9.17, 15) is 14.4 Å². The number of ether oxygens (including phenoxy) is 2. The fraction of sp³-hybridized carbons (Fsp3) is 0.333. The van der Waals surface area contributed by atoms with Crippen molar-refractivity contribution in [1.82, 2.24) is 4.90 Å². The lowest BCUT2D eigenvalue weighted by Crippen LogP contribution is -2.31. The first-order chi connectivity index (χ1) is 15.0. The molecule has 7 nitrogen and oxygen atoms in total. The van der Waals surface area contributed by atoms with Crippen molar-refractivity contribution in [2.75, 3.05) is 27.3 Å². The van der Waals surface area contributed by atoms with Crippen LogP contribution in [0.2, 0.25) is 0 Å². The van der Waals surface area contributed by atoms with Gasteiger partial charge in [-0.3, -0.25) is 24.3 Å². The molecule has 2 amide bonds. The first kappa shape index (κ1) is 20.8. The third-order valence-corrected chi connectivity index (χ3v) is 5.68. The van der Waals surface area contributed by atoms with Gasteiger partial charge in [-0.2, -0.15) is 0 Å². The van der Waals surface area contributed by atoms with Crippen molar-refractivity contribution in [2.24, 2.45) is 4.99 Å². The number of rotatable bonds is 8. The molecule has 160 valence electrons. The van der Waals surface area contributed by atoms with Crippen molar-refractivity contribution in [2.45, 2.75) is 25.7 Å². The fourth-order valence-electron chi connectivity index (χ4n) is 4.10. The van der Waals surface area contributed by atoms with E-state index in [1.165, 1.54) is 4.90 Å². The average molecular weight is 420 g/mol. The largest absolute Gasteiger partial charge is 0.493 e. The van der Waals surface area contributed by atoms with Gasteiger partial charge in [0, 0.05) is 37.2 Å². The highest BCUT2D eigenvalue weighted by molar-refractivity contribution is 6.21.